The molecule has 3 heteroatoms. The summed E-state index contributed by atoms with van der Waals surface area (Å²) in [5.74, 6) is 0. The predicted octanol–water partition coefficient (Wildman–Crippen LogP) is 13.1. The molecule has 49 heavy (non-hydrogen) atoms. The highest BCUT2D eigenvalue weighted by molar-refractivity contribution is 6.11. The number of nitrogens with zero attached hydrogens (tertiary/aromatic N) is 2. The van der Waals surface area contributed by atoms with Gasteiger partial charge in [0.05, 0.1) is 11.0 Å². The van der Waals surface area contributed by atoms with Gasteiger partial charge in [-0.2, -0.15) is 0 Å². The molecule has 236 valence electrons. The van der Waals surface area contributed by atoms with Crippen molar-refractivity contribution in [2.24, 2.45) is 0 Å². The van der Waals surface area contributed by atoms with Gasteiger partial charge in [-0.05, 0) is 107 Å². The molecule has 0 aliphatic carbocycles. The second-order valence-electron chi connectivity index (χ2n) is 13.9. The largest absolute Gasteiger partial charge is 0.456 e. The molecule has 0 saturated carbocycles. The van der Waals surface area contributed by atoms with Gasteiger partial charge in [0.2, 0.25) is 0 Å². The molecule has 0 unspecified atom stereocenters. The molecule has 0 atom stereocenters. The van der Waals surface area contributed by atoms with E-state index < -0.39 is 0 Å². The van der Waals surface area contributed by atoms with Crippen molar-refractivity contribution < 1.29 is 4.42 Å². The number of rotatable bonds is 5. The summed E-state index contributed by atoms with van der Waals surface area (Å²) in [7, 11) is 0. The fraction of sp³-hybridized carbons (Fsp3) is 0.0870. The number of benzene rings is 7. The van der Waals surface area contributed by atoms with Gasteiger partial charge >= 0.3 is 0 Å². The molecule has 3 nitrogen and oxygen atoms in total. The lowest BCUT2D eigenvalue weighted by Gasteiger charge is -2.26. The van der Waals surface area contributed by atoms with E-state index in [1.54, 1.807) is 0 Å². The lowest BCUT2D eigenvalue weighted by atomic mass is 9.86. The van der Waals surface area contributed by atoms with Gasteiger partial charge < -0.3 is 13.9 Å². The normalized spacial score (nSPS) is 12.0. The molecule has 0 fully saturated rings. The molecule has 0 amide bonds. The Balaban J connectivity index is 1.21. The van der Waals surface area contributed by atoms with E-state index >= 15 is 0 Å². The van der Waals surface area contributed by atoms with Gasteiger partial charge in [0, 0.05) is 44.3 Å². The van der Waals surface area contributed by atoms with E-state index in [0.717, 1.165) is 39.0 Å². The van der Waals surface area contributed by atoms with Crippen LogP contribution in [0.5, 0.6) is 0 Å². The van der Waals surface area contributed by atoms with Crippen LogP contribution < -0.4 is 4.90 Å². The van der Waals surface area contributed by atoms with Crippen LogP contribution in [0.2, 0.25) is 0 Å². The van der Waals surface area contributed by atoms with Crippen molar-refractivity contribution in [1.82, 2.24) is 4.57 Å². The van der Waals surface area contributed by atoms with Crippen molar-refractivity contribution in [1.29, 1.82) is 0 Å². The zero-order valence-electron chi connectivity index (χ0n) is 27.9. The van der Waals surface area contributed by atoms with Crippen LogP contribution in [0, 0.1) is 0 Å². The van der Waals surface area contributed by atoms with Crippen LogP contribution in [0.25, 0.3) is 60.6 Å². The summed E-state index contributed by atoms with van der Waals surface area (Å²) >= 11 is 0. The number of fused-ring (bicyclic) bond motifs is 6. The predicted molar refractivity (Wildman–Crippen MR) is 207 cm³/mol. The highest BCUT2D eigenvalue weighted by Crippen LogP contribution is 2.41. The average Bonchev–Trinajstić information content (AvgIpc) is 3.67. The molecule has 9 aromatic rings. The van der Waals surface area contributed by atoms with E-state index in [9.17, 15) is 0 Å². The van der Waals surface area contributed by atoms with Gasteiger partial charge in [0.1, 0.15) is 11.2 Å². The van der Waals surface area contributed by atoms with Crippen LogP contribution in [0.4, 0.5) is 17.1 Å². The van der Waals surface area contributed by atoms with Gasteiger partial charge in [0.15, 0.2) is 0 Å². The van der Waals surface area contributed by atoms with Crippen molar-refractivity contribution in [2.75, 3.05) is 4.90 Å². The first-order valence-electron chi connectivity index (χ1n) is 16.9. The maximum absolute atomic E-state index is 6.18. The number of hydrogen-bond donors (Lipinski definition) is 0. The first-order valence-corrected chi connectivity index (χ1v) is 16.9. The van der Waals surface area contributed by atoms with Crippen LogP contribution in [-0.4, -0.2) is 4.57 Å². The Kier molecular flexibility index (Phi) is 6.70. The van der Waals surface area contributed by atoms with Crippen molar-refractivity contribution in [3.05, 3.63) is 169 Å². The Morgan fingerprint density at radius 1 is 0.449 bits per heavy atom. The third-order valence-electron chi connectivity index (χ3n) is 9.72. The first kappa shape index (κ1) is 29.1. The molecule has 0 aliphatic heterocycles. The summed E-state index contributed by atoms with van der Waals surface area (Å²) in [6, 6.07) is 58.8. The van der Waals surface area contributed by atoms with E-state index in [1.807, 2.05) is 12.1 Å². The van der Waals surface area contributed by atoms with E-state index in [2.05, 4.69) is 182 Å². The zero-order chi connectivity index (χ0) is 33.1. The third kappa shape index (κ3) is 4.98. The summed E-state index contributed by atoms with van der Waals surface area (Å²) in [5, 5.41) is 4.76. The molecular formula is C46H36N2O. The van der Waals surface area contributed by atoms with Crippen LogP contribution in [0.3, 0.4) is 0 Å². The summed E-state index contributed by atoms with van der Waals surface area (Å²) in [4.78, 5) is 2.33. The van der Waals surface area contributed by atoms with E-state index in [4.69, 9.17) is 4.42 Å². The molecule has 0 radical (unpaired) electrons. The summed E-state index contributed by atoms with van der Waals surface area (Å²) in [5.41, 5.74) is 12.4. The summed E-state index contributed by atoms with van der Waals surface area (Å²) in [6.07, 6.45) is 0. The Bertz CT molecular complexity index is 2640. The molecule has 7 aromatic carbocycles. The Morgan fingerprint density at radius 3 is 1.88 bits per heavy atom. The maximum Gasteiger partial charge on any atom is 0.135 e. The molecule has 9 rings (SSSR count). The highest BCUT2D eigenvalue weighted by atomic mass is 16.3. The fourth-order valence-electron chi connectivity index (χ4n) is 7.23. The lowest BCUT2D eigenvalue weighted by Crippen LogP contribution is -2.10. The number of aromatic nitrogens is 1. The molecule has 2 aromatic heterocycles. The smallest absolute Gasteiger partial charge is 0.135 e. The summed E-state index contributed by atoms with van der Waals surface area (Å²) < 4.78 is 8.57. The molecule has 0 bridgehead atoms. The standard InChI is InChI=1S/C46H36N2O/c1-46(2,3)33-22-25-43-40(29-33)39-28-32(21-24-42(39)48(43)35-16-8-5-9-17-35)31-13-12-18-36(27-31)47(34-14-6-4-7-15-34)37-23-26-45-41(30-37)38-19-10-11-20-44(38)49-45/h4-30H,1-3H3. The first-order chi connectivity index (χ1) is 23.9. The highest BCUT2D eigenvalue weighted by Gasteiger charge is 2.20. The molecule has 0 N–H and O–H groups in total. The zero-order valence-corrected chi connectivity index (χ0v) is 27.9. The lowest BCUT2D eigenvalue weighted by molar-refractivity contribution is 0.591. The molecule has 0 aliphatic rings. The maximum atomic E-state index is 6.18. The van der Waals surface area contributed by atoms with Crippen LogP contribution in [0.15, 0.2) is 168 Å². The van der Waals surface area contributed by atoms with Gasteiger partial charge in [-0.25, -0.2) is 0 Å². The Hall–Kier alpha value is -6.06. The molecule has 2 heterocycles. The quantitative estimate of drug-likeness (QED) is 0.188. The minimum atomic E-state index is 0.0496. The van der Waals surface area contributed by atoms with Gasteiger partial charge in [-0.1, -0.05) is 99.6 Å². The molecule has 0 saturated heterocycles. The van der Waals surface area contributed by atoms with E-state index in [0.29, 0.717) is 0 Å². The topological polar surface area (TPSA) is 21.3 Å². The molecule has 0 spiro atoms. The third-order valence-corrected chi connectivity index (χ3v) is 9.72. The van der Waals surface area contributed by atoms with Gasteiger partial charge in [0.25, 0.3) is 0 Å². The van der Waals surface area contributed by atoms with Crippen molar-refractivity contribution >= 4 is 60.8 Å². The SMILES string of the molecule is CC(C)(C)c1ccc2c(c1)c1cc(-c3cccc(N(c4ccccc4)c4ccc5oc6ccccc6c5c4)c3)ccc1n2-c1ccccc1. The number of anilines is 3. The average molecular weight is 633 g/mol. The number of para-hydroxylation sites is 3. The van der Waals surface area contributed by atoms with Crippen LogP contribution in [-0.2, 0) is 5.41 Å². The number of furan rings is 1. The van der Waals surface area contributed by atoms with E-state index in [-0.39, 0.29) is 5.41 Å². The van der Waals surface area contributed by atoms with Gasteiger partial charge in [-0.15, -0.1) is 0 Å². The van der Waals surface area contributed by atoms with Crippen molar-refractivity contribution in [2.45, 2.75) is 26.2 Å². The van der Waals surface area contributed by atoms with Crippen LogP contribution >= 0.6 is 0 Å². The Morgan fingerprint density at radius 2 is 1.08 bits per heavy atom. The van der Waals surface area contributed by atoms with Crippen molar-refractivity contribution in [3.63, 3.8) is 0 Å². The molecular weight excluding hydrogens is 597 g/mol. The minimum Gasteiger partial charge on any atom is -0.456 e. The number of hydrogen-bond acceptors (Lipinski definition) is 2. The summed E-state index contributed by atoms with van der Waals surface area (Å²) in [6.45, 7) is 6.85. The Labute approximate surface area is 286 Å². The van der Waals surface area contributed by atoms with Crippen molar-refractivity contribution in [3.8, 4) is 16.8 Å². The second kappa shape index (κ2) is 11.3. The van der Waals surface area contributed by atoms with Gasteiger partial charge in [-0.3, -0.25) is 0 Å². The van der Waals surface area contributed by atoms with Crippen LogP contribution in [0.1, 0.15) is 26.3 Å². The van der Waals surface area contributed by atoms with E-state index in [1.165, 1.54) is 44.2 Å². The second-order valence-corrected chi connectivity index (χ2v) is 13.9. The fourth-order valence-corrected chi connectivity index (χ4v) is 7.23. The minimum absolute atomic E-state index is 0.0496. The monoisotopic (exact) mass is 632 g/mol.